The van der Waals surface area contributed by atoms with Crippen LogP contribution in [0.25, 0.3) is 0 Å². The van der Waals surface area contributed by atoms with Gasteiger partial charge in [0.15, 0.2) is 25.2 Å². The molecule has 0 radical (unpaired) electrons. The summed E-state index contributed by atoms with van der Waals surface area (Å²) in [5.74, 6) is -3.27. The number of carbonyl (C=O) groups is 2. The number of aliphatic hydroxyl groups is 14. The van der Waals surface area contributed by atoms with Crippen molar-refractivity contribution < 1.29 is 129 Å². The van der Waals surface area contributed by atoms with Crippen LogP contribution in [0.5, 0.6) is 0 Å². The minimum atomic E-state index is -1.95. The van der Waals surface area contributed by atoms with E-state index < -0.39 is 196 Å². The highest BCUT2D eigenvalue weighted by Gasteiger charge is 2.72. The maximum Gasteiger partial charge on any atom is 0.317 e. The van der Waals surface area contributed by atoms with Crippen molar-refractivity contribution in [2.75, 3.05) is 26.4 Å². The summed E-state index contributed by atoms with van der Waals surface area (Å²) >= 11 is 0. The second-order valence-electron chi connectivity index (χ2n) is 26.8. The molecule has 8 rings (SSSR count). The number of carboxylic acids is 1. The highest BCUT2D eigenvalue weighted by Crippen LogP contribution is 2.76. The first-order valence-corrected chi connectivity index (χ1v) is 29.4. The first-order valence-electron chi connectivity index (χ1n) is 29.4. The zero-order valence-corrected chi connectivity index (χ0v) is 48.7. The zero-order valence-electron chi connectivity index (χ0n) is 48.7. The fourth-order valence-electron chi connectivity index (χ4n) is 16.6. The van der Waals surface area contributed by atoms with Crippen molar-refractivity contribution in [3.63, 3.8) is 0 Å². The highest BCUT2D eigenvalue weighted by molar-refractivity contribution is 5.90. The van der Waals surface area contributed by atoms with Gasteiger partial charge in [0.2, 0.25) is 0 Å². The van der Waals surface area contributed by atoms with Gasteiger partial charge in [-0.25, -0.2) is 0 Å². The van der Waals surface area contributed by atoms with E-state index in [0.717, 1.165) is 24.8 Å². The largest absolute Gasteiger partial charge is 0.481 e. The van der Waals surface area contributed by atoms with Crippen LogP contribution in [0.15, 0.2) is 11.6 Å². The Balaban J connectivity index is 0.997. The summed E-state index contributed by atoms with van der Waals surface area (Å²) < 4.78 is 54.1. The number of ether oxygens (including phenoxy) is 9. The summed E-state index contributed by atoms with van der Waals surface area (Å²) in [5.41, 5.74) is -1.83. The number of carbonyl (C=O) groups excluding carboxylic acids is 1. The molecule has 15 N–H and O–H groups in total. The lowest BCUT2D eigenvalue weighted by molar-refractivity contribution is -0.378. The van der Waals surface area contributed by atoms with Crippen molar-refractivity contribution >= 4 is 11.9 Å². The van der Waals surface area contributed by atoms with Gasteiger partial charge in [-0.2, -0.15) is 0 Å². The Kier molecular flexibility index (Phi) is 20.7. The third kappa shape index (κ3) is 12.5. The predicted molar refractivity (Wildman–Crippen MR) is 282 cm³/mol. The molecule has 30 atom stereocenters. The van der Waals surface area contributed by atoms with Gasteiger partial charge in [0.25, 0.3) is 0 Å². The molecule has 26 nitrogen and oxygen atoms in total. The Morgan fingerprint density at radius 1 is 0.590 bits per heavy atom. The lowest BCUT2D eigenvalue weighted by Gasteiger charge is -2.71. The summed E-state index contributed by atoms with van der Waals surface area (Å²) in [6, 6.07) is 0. The van der Waals surface area contributed by atoms with E-state index in [1.165, 1.54) is 0 Å². The van der Waals surface area contributed by atoms with E-state index in [9.17, 15) is 81.1 Å². The molecule has 83 heavy (non-hydrogen) atoms. The van der Waals surface area contributed by atoms with Gasteiger partial charge in [-0.1, -0.05) is 46.3 Å². The van der Waals surface area contributed by atoms with Gasteiger partial charge in [-0.3, -0.25) is 9.59 Å². The molecule has 0 bridgehead atoms. The van der Waals surface area contributed by atoms with Gasteiger partial charge >= 0.3 is 11.9 Å². The highest BCUT2D eigenvalue weighted by atomic mass is 16.8. The number of aliphatic hydroxyl groups excluding tert-OH is 14. The van der Waals surface area contributed by atoms with E-state index in [2.05, 4.69) is 40.7 Å². The number of rotatable bonds is 19. The summed E-state index contributed by atoms with van der Waals surface area (Å²) in [4.78, 5) is 23.1. The van der Waals surface area contributed by atoms with E-state index in [1.807, 2.05) is 20.8 Å². The molecule has 478 valence electrons. The van der Waals surface area contributed by atoms with Gasteiger partial charge in [0.05, 0.1) is 37.6 Å². The zero-order chi connectivity index (χ0) is 61.2. The molecule has 4 aliphatic heterocycles. The molecule has 0 amide bonds. The molecule has 0 spiro atoms. The van der Waals surface area contributed by atoms with Crippen LogP contribution in [-0.2, 0) is 52.2 Å². The fourth-order valence-corrected chi connectivity index (χ4v) is 16.6. The third-order valence-electron chi connectivity index (χ3n) is 21.4. The lowest BCUT2D eigenvalue weighted by Crippen LogP contribution is -2.68. The first-order chi connectivity index (χ1) is 38.8. The molecule has 0 aromatic heterocycles. The molecule has 26 heteroatoms. The van der Waals surface area contributed by atoms with Crippen LogP contribution in [0, 0.1) is 45.3 Å². The van der Waals surface area contributed by atoms with Gasteiger partial charge in [0.1, 0.15) is 111 Å². The molecule has 4 saturated carbocycles. The molecule has 8 aliphatic rings. The van der Waals surface area contributed by atoms with Crippen molar-refractivity contribution in [1.29, 1.82) is 0 Å². The second kappa shape index (κ2) is 25.7. The Morgan fingerprint density at radius 2 is 1.12 bits per heavy atom. The van der Waals surface area contributed by atoms with Crippen molar-refractivity contribution in [1.82, 2.24) is 0 Å². The molecule has 8 fully saturated rings. The molecule has 4 aliphatic carbocycles. The topological polar surface area (TPSA) is 421 Å². The smallest absolute Gasteiger partial charge is 0.317 e. The summed E-state index contributed by atoms with van der Waals surface area (Å²) in [5, 5.41) is 162. The van der Waals surface area contributed by atoms with E-state index in [0.29, 0.717) is 38.5 Å². The number of hydrogen-bond acceptors (Lipinski definition) is 25. The van der Waals surface area contributed by atoms with Crippen molar-refractivity contribution in [3.05, 3.63) is 11.6 Å². The van der Waals surface area contributed by atoms with Crippen molar-refractivity contribution in [3.8, 4) is 0 Å². The van der Waals surface area contributed by atoms with E-state index >= 15 is 0 Å². The average Bonchev–Trinajstić information content (AvgIpc) is 1.74. The Labute approximate surface area is 483 Å². The van der Waals surface area contributed by atoms with Crippen LogP contribution >= 0.6 is 0 Å². The van der Waals surface area contributed by atoms with Crippen LogP contribution < -0.4 is 0 Å². The van der Waals surface area contributed by atoms with Gasteiger partial charge in [-0.15, -0.1) is 0 Å². The van der Waals surface area contributed by atoms with Crippen LogP contribution in [0.4, 0.5) is 0 Å². The normalized spacial score (nSPS) is 49.6. The minimum absolute atomic E-state index is 0.00720. The molecular formula is C57H94O26. The van der Waals surface area contributed by atoms with Crippen molar-refractivity contribution in [2.45, 2.75) is 260 Å². The molecule has 4 saturated heterocycles. The SMILES string of the molecule is CC(C)=CCC[C@](C)(O[C@@H]1O[C@H](CO[C@@H]2O[C@H](CO)[C@@H](O)[C@@H](O)[C@H]2O)[C@@H](O)[C@@H](O)[C@H]1O)C1CC[C@]2(C)C1[C@H](O)CC1[C@@]3(C)CCC(O[C@@H]4O[C@H](CO)[C@@H](O)[C@@H](O)[C@H]4O[C@@H]4O[C@H](COC(=O)CC(=O)O)[C@@H](O)[C@@H](O)[C@H]4O)C(C)(C)C3CC[C@]12C. The van der Waals surface area contributed by atoms with E-state index in [4.69, 9.17) is 47.7 Å². The predicted octanol–water partition coefficient (Wildman–Crippen LogP) is -2.18. The summed E-state index contributed by atoms with van der Waals surface area (Å²) in [6.07, 6.45) is -28.1. The maximum absolute atomic E-state index is 12.9. The number of hydrogen-bond donors (Lipinski definition) is 15. The molecule has 0 aromatic rings. The Bertz CT molecular complexity index is 2240. The maximum atomic E-state index is 12.9. The molecule has 0 aromatic carbocycles. The lowest BCUT2D eigenvalue weighted by atomic mass is 9.35. The van der Waals surface area contributed by atoms with Gasteiger partial charge < -0.3 is 119 Å². The monoisotopic (exact) mass is 1190 g/mol. The van der Waals surface area contributed by atoms with Gasteiger partial charge in [0, 0.05) is 0 Å². The Hall–Kier alpha value is -2.20. The molecule has 4 heterocycles. The first kappa shape index (κ1) is 66.7. The fraction of sp³-hybridized carbons (Fsp3) is 0.930. The number of allylic oxidation sites excluding steroid dienone is 2. The molecular weight excluding hydrogens is 1100 g/mol. The number of aliphatic carboxylic acids is 1. The van der Waals surface area contributed by atoms with Crippen LogP contribution in [-0.4, -0.2) is 256 Å². The van der Waals surface area contributed by atoms with Gasteiger partial charge in [-0.05, 0) is 124 Å². The quantitative estimate of drug-likeness (QED) is 0.0283. The van der Waals surface area contributed by atoms with Crippen LogP contribution in [0.3, 0.4) is 0 Å². The standard InChI is InChI=1S/C57H94O26/c1-24(2)10-9-14-57(8,83-51-47(74)43(70)40(67)30(80-51)23-76-49-45(72)41(68)37(64)27(20-58)77-49)25-11-16-56(7)36(25)26(60)18-32-54(5)15-13-33(53(3,4)31(54)12-17-55(32,56)6)81-52-48(44(71)38(65)28(21-59)78-52)82-50-46(73)42(69)39(66)29(79-50)22-75-35(63)19-34(61)62/h10,25-33,36-52,58-60,64-74H,9,11-23H2,1-8H3,(H,61,62)/t25?,26-,27-,28-,29-,30-,31?,32?,33?,36?,37-,38-,39-,40-,41-,42-,43-,44-,45-,46-,47-,48-,49-,50+,51+,52+,54+,55-,56-,57+/m1/s1. The van der Waals surface area contributed by atoms with Crippen LogP contribution in [0.2, 0.25) is 0 Å². The summed E-state index contributed by atoms with van der Waals surface area (Å²) in [7, 11) is 0. The van der Waals surface area contributed by atoms with E-state index in [1.54, 1.807) is 0 Å². The Morgan fingerprint density at radius 3 is 1.72 bits per heavy atom. The summed E-state index contributed by atoms with van der Waals surface area (Å²) in [6.45, 7) is 14.3. The van der Waals surface area contributed by atoms with Crippen LogP contribution in [0.1, 0.15) is 120 Å². The van der Waals surface area contributed by atoms with Crippen molar-refractivity contribution in [2.24, 2.45) is 45.3 Å². The number of esters is 1. The van der Waals surface area contributed by atoms with E-state index in [-0.39, 0.29) is 34.5 Å². The molecule has 5 unspecified atom stereocenters. The second-order valence-corrected chi connectivity index (χ2v) is 26.8. The number of carboxylic acid groups (broad SMARTS) is 1. The number of fused-ring (bicyclic) bond motifs is 5. The minimum Gasteiger partial charge on any atom is -0.481 e. The average molecular weight is 1200 g/mol. The third-order valence-corrected chi connectivity index (χ3v) is 21.4.